The minimum atomic E-state index is -0.587. The first-order chi connectivity index (χ1) is 8.58. The molecular weight excluding hydrogens is 275 g/mol. The second-order valence-electron chi connectivity index (χ2n) is 3.75. The molecule has 1 amide bonds. The molecule has 0 aliphatic rings. The van der Waals surface area contributed by atoms with Crippen LogP contribution in [0.25, 0.3) is 0 Å². The molecule has 2 rings (SSSR count). The van der Waals surface area contributed by atoms with Gasteiger partial charge in [-0.1, -0.05) is 11.6 Å². The van der Waals surface area contributed by atoms with Crippen molar-refractivity contribution in [1.29, 1.82) is 0 Å². The minimum absolute atomic E-state index is 0.00376. The highest BCUT2D eigenvalue weighted by atomic mass is 35.5. The van der Waals surface area contributed by atoms with E-state index in [0.29, 0.717) is 6.54 Å². The Balaban J connectivity index is 2.08. The summed E-state index contributed by atoms with van der Waals surface area (Å²) < 4.78 is 13.0. The lowest BCUT2D eigenvalue weighted by Crippen LogP contribution is -2.23. The van der Waals surface area contributed by atoms with Crippen LogP contribution in [-0.4, -0.2) is 10.9 Å². The summed E-state index contributed by atoms with van der Waals surface area (Å²) in [5.41, 5.74) is 2.20. The molecule has 2 aromatic heterocycles. The van der Waals surface area contributed by atoms with E-state index in [9.17, 15) is 9.18 Å². The summed E-state index contributed by atoms with van der Waals surface area (Å²) in [5, 5.41) is 6.64. The lowest BCUT2D eigenvalue weighted by molar-refractivity contribution is 0.0950. The number of nitrogens with one attached hydrogen (secondary N) is 1. The molecule has 0 unspecified atom stereocenters. The Morgan fingerprint density at radius 3 is 3.00 bits per heavy atom. The third-order valence-corrected chi connectivity index (χ3v) is 3.66. The number of nitrogens with zero attached hydrogens (tertiary/aromatic N) is 1. The normalized spacial score (nSPS) is 10.4. The molecule has 1 N–H and O–H groups in total. The highest BCUT2D eigenvalue weighted by molar-refractivity contribution is 7.08. The van der Waals surface area contributed by atoms with Crippen molar-refractivity contribution in [3.63, 3.8) is 0 Å². The van der Waals surface area contributed by atoms with Crippen molar-refractivity contribution in [2.75, 3.05) is 0 Å². The average Bonchev–Trinajstić information content (AvgIpc) is 2.75. The fourth-order valence-corrected chi connectivity index (χ4v) is 2.47. The molecule has 0 fully saturated rings. The molecule has 0 saturated heterocycles. The molecular formula is C12H10ClFN2OS. The molecule has 0 saturated carbocycles. The number of aryl methyl sites for hydroxylation is 1. The topological polar surface area (TPSA) is 42.0 Å². The summed E-state index contributed by atoms with van der Waals surface area (Å²) in [6, 6.07) is 1.07. The number of aromatic nitrogens is 1. The Labute approximate surface area is 113 Å². The van der Waals surface area contributed by atoms with E-state index in [4.69, 9.17) is 11.6 Å². The summed E-state index contributed by atoms with van der Waals surface area (Å²) in [6.07, 6.45) is 0.974. The Bertz CT molecular complexity index is 585. The van der Waals surface area contributed by atoms with E-state index in [-0.39, 0.29) is 10.7 Å². The maximum atomic E-state index is 13.0. The largest absolute Gasteiger partial charge is 0.348 e. The third-order valence-electron chi connectivity index (χ3n) is 2.45. The average molecular weight is 285 g/mol. The van der Waals surface area contributed by atoms with Gasteiger partial charge in [-0.25, -0.2) is 9.37 Å². The van der Waals surface area contributed by atoms with Crippen molar-refractivity contribution in [3.8, 4) is 0 Å². The van der Waals surface area contributed by atoms with Crippen LogP contribution in [0, 0.1) is 12.7 Å². The zero-order valence-corrected chi connectivity index (χ0v) is 11.1. The number of hydrogen-bond acceptors (Lipinski definition) is 3. The van der Waals surface area contributed by atoms with Gasteiger partial charge in [0.05, 0.1) is 11.8 Å². The number of rotatable bonds is 3. The maximum absolute atomic E-state index is 13.0. The van der Waals surface area contributed by atoms with Crippen LogP contribution in [0.15, 0.2) is 23.0 Å². The zero-order chi connectivity index (χ0) is 13.1. The fraction of sp³-hybridized carbons (Fsp3) is 0.167. The van der Waals surface area contributed by atoms with Crippen LogP contribution in [0.3, 0.4) is 0 Å². The number of thiophene rings is 1. The second-order valence-corrected chi connectivity index (χ2v) is 4.86. The number of amides is 1. The van der Waals surface area contributed by atoms with Gasteiger partial charge in [-0.05, 0) is 34.9 Å². The summed E-state index contributed by atoms with van der Waals surface area (Å²) >= 11 is 7.32. The van der Waals surface area contributed by atoms with Crippen LogP contribution in [-0.2, 0) is 6.54 Å². The van der Waals surface area contributed by atoms with Crippen LogP contribution in [0.2, 0.25) is 5.15 Å². The van der Waals surface area contributed by atoms with E-state index in [1.165, 1.54) is 0 Å². The van der Waals surface area contributed by atoms with Crippen LogP contribution >= 0.6 is 22.9 Å². The molecule has 18 heavy (non-hydrogen) atoms. The quantitative estimate of drug-likeness (QED) is 0.880. The maximum Gasteiger partial charge on any atom is 0.254 e. The van der Waals surface area contributed by atoms with Crippen LogP contribution in [0.5, 0.6) is 0 Å². The van der Waals surface area contributed by atoms with Crippen LogP contribution < -0.4 is 5.32 Å². The van der Waals surface area contributed by atoms with E-state index < -0.39 is 11.7 Å². The zero-order valence-electron chi connectivity index (χ0n) is 9.54. The van der Waals surface area contributed by atoms with Gasteiger partial charge in [0, 0.05) is 6.54 Å². The van der Waals surface area contributed by atoms with Crippen LogP contribution in [0.4, 0.5) is 4.39 Å². The van der Waals surface area contributed by atoms with E-state index in [2.05, 4.69) is 10.3 Å². The van der Waals surface area contributed by atoms with E-state index in [0.717, 1.165) is 23.4 Å². The Morgan fingerprint density at radius 1 is 1.56 bits per heavy atom. The first kappa shape index (κ1) is 13.0. The Kier molecular flexibility index (Phi) is 3.93. The summed E-state index contributed by atoms with van der Waals surface area (Å²) in [5.74, 6) is -1.02. The highest BCUT2D eigenvalue weighted by Gasteiger charge is 2.12. The molecule has 0 aliphatic heterocycles. The lowest BCUT2D eigenvalue weighted by atomic mass is 10.2. The molecule has 94 valence electrons. The molecule has 0 bridgehead atoms. The van der Waals surface area contributed by atoms with Crippen LogP contribution in [0.1, 0.15) is 21.5 Å². The minimum Gasteiger partial charge on any atom is -0.348 e. The SMILES string of the molecule is Cc1cscc1CNC(=O)c1cc(F)cnc1Cl. The molecule has 0 aliphatic carbocycles. The van der Waals surface area contributed by atoms with Gasteiger partial charge in [-0.15, -0.1) is 0 Å². The first-order valence-electron chi connectivity index (χ1n) is 5.19. The predicted octanol–water partition coefficient (Wildman–Crippen LogP) is 3.17. The number of hydrogen-bond donors (Lipinski definition) is 1. The van der Waals surface area contributed by atoms with Crippen molar-refractivity contribution in [2.24, 2.45) is 0 Å². The molecule has 3 nitrogen and oxygen atoms in total. The molecule has 0 atom stereocenters. The molecule has 6 heteroatoms. The van der Waals surface area contributed by atoms with Gasteiger partial charge in [0.2, 0.25) is 0 Å². The Morgan fingerprint density at radius 2 is 2.33 bits per heavy atom. The smallest absolute Gasteiger partial charge is 0.254 e. The standard InChI is InChI=1S/C12H10ClFN2OS/c1-7-5-18-6-8(7)3-16-12(17)10-2-9(14)4-15-11(10)13/h2,4-6H,3H2,1H3,(H,16,17). The molecule has 0 spiro atoms. The second kappa shape index (κ2) is 5.46. The number of carbonyl (C=O) groups is 1. The fourth-order valence-electron chi connectivity index (χ4n) is 1.42. The van der Waals surface area contributed by atoms with Gasteiger partial charge in [0.25, 0.3) is 5.91 Å². The van der Waals surface area contributed by atoms with Crippen molar-refractivity contribution < 1.29 is 9.18 Å². The predicted molar refractivity (Wildman–Crippen MR) is 69.4 cm³/mol. The van der Waals surface area contributed by atoms with Gasteiger partial charge in [-0.2, -0.15) is 11.3 Å². The van der Waals surface area contributed by atoms with Crippen molar-refractivity contribution in [1.82, 2.24) is 10.3 Å². The van der Waals surface area contributed by atoms with E-state index in [1.54, 1.807) is 11.3 Å². The Hall–Kier alpha value is -1.46. The summed E-state index contributed by atoms with van der Waals surface area (Å²) in [4.78, 5) is 15.4. The lowest BCUT2D eigenvalue weighted by Gasteiger charge is -2.06. The van der Waals surface area contributed by atoms with Crippen molar-refractivity contribution >= 4 is 28.8 Å². The summed E-state index contributed by atoms with van der Waals surface area (Å²) in [7, 11) is 0. The first-order valence-corrected chi connectivity index (χ1v) is 6.51. The number of carbonyl (C=O) groups excluding carboxylic acids is 1. The van der Waals surface area contributed by atoms with Gasteiger partial charge >= 0.3 is 0 Å². The van der Waals surface area contributed by atoms with Crippen molar-refractivity contribution in [3.05, 3.63) is 50.7 Å². The van der Waals surface area contributed by atoms with Gasteiger partial charge in [0.1, 0.15) is 11.0 Å². The van der Waals surface area contributed by atoms with Crippen molar-refractivity contribution in [2.45, 2.75) is 13.5 Å². The molecule has 2 heterocycles. The van der Waals surface area contributed by atoms with E-state index in [1.807, 2.05) is 17.7 Å². The third kappa shape index (κ3) is 2.86. The number of pyridine rings is 1. The van der Waals surface area contributed by atoms with Gasteiger partial charge in [-0.3, -0.25) is 4.79 Å². The number of halogens is 2. The highest BCUT2D eigenvalue weighted by Crippen LogP contribution is 2.15. The molecule has 0 radical (unpaired) electrons. The monoisotopic (exact) mass is 284 g/mol. The summed E-state index contributed by atoms with van der Waals surface area (Å²) in [6.45, 7) is 2.36. The molecule has 0 aromatic carbocycles. The van der Waals surface area contributed by atoms with E-state index >= 15 is 0 Å². The van der Waals surface area contributed by atoms with Gasteiger partial charge in [0.15, 0.2) is 0 Å². The van der Waals surface area contributed by atoms with Gasteiger partial charge < -0.3 is 5.32 Å². The molecule has 2 aromatic rings.